The Bertz CT molecular complexity index is 485. The summed E-state index contributed by atoms with van der Waals surface area (Å²) in [7, 11) is 1.62. The lowest BCUT2D eigenvalue weighted by molar-refractivity contribution is 0.389. The van der Waals surface area contributed by atoms with Gasteiger partial charge in [-0.3, -0.25) is 0 Å². The Morgan fingerprint density at radius 2 is 2.24 bits per heavy atom. The Labute approximate surface area is 108 Å². The van der Waals surface area contributed by atoms with Gasteiger partial charge in [0.05, 0.1) is 13.7 Å². The van der Waals surface area contributed by atoms with Crippen LogP contribution in [0, 0.1) is 0 Å². The summed E-state index contributed by atoms with van der Waals surface area (Å²) in [5, 5.41) is 3.27. The van der Waals surface area contributed by atoms with Gasteiger partial charge in [0, 0.05) is 18.3 Å². The van der Waals surface area contributed by atoms with Crippen molar-refractivity contribution in [2.24, 2.45) is 0 Å². The van der Waals surface area contributed by atoms with Crippen LogP contribution in [0.5, 0.6) is 5.88 Å². The molecule has 2 rings (SSSR count). The number of nitrogens with zero attached hydrogens (tertiary/aromatic N) is 1. The third-order valence-corrected chi connectivity index (χ3v) is 2.71. The Hall–Kier alpha value is -1.33. The van der Waals surface area contributed by atoms with Crippen LogP contribution in [-0.4, -0.2) is 12.1 Å². The molecular formula is C12H13BrN2O2. The molecule has 0 aliphatic carbocycles. The summed E-state index contributed by atoms with van der Waals surface area (Å²) in [6.07, 6.45) is 1.71. The van der Waals surface area contributed by atoms with Crippen molar-refractivity contribution < 1.29 is 9.15 Å². The maximum absolute atomic E-state index is 5.39. The highest BCUT2D eigenvalue weighted by Gasteiger charge is 2.03. The fourth-order valence-corrected chi connectivity index (χ4v) is 1.85. The summed E-state index contributed by atoms with van der Waals surface area (Å²) < 4.78 is 11.3. The minimum atomic E-state index is 0.653. The second-order valence-corrected chi connectivity index (χ2v) is 4.26. The van der Waals surface area contributed by atoms with Crippen molar-refractivity contribution >= 4 is 15.9 Å². The van der Waals surface area contributed by atoms with Crippen molar-refractivity contribution in [3.05, 3.63) is 46.5 Å². The second-order valence-electron chi connectivity index (χ2n) is 3.48. The van der Waals surface area contributed by atoms with E-state index in [1.807, 2.05) is 24.3 Å². The number of furan rings is 1. The monoisotopic (exact) mass is 296 g/mol. The zero-order chi connectivity index (χ0) is 12.1. The van der Waals surface area contributed by atoms with Gasteiger partial charge in [0.15, 0.2) is 4.67 Å². The summed E-state index contributed by atoms with van der Waals surface area (Å²) in [6, 6.07) is 7.68. The van der Waals surface area contributed by atoms with Crippen LogP contribution in [0.2, 0.25) is 0 Å². The van der Waals surface area contributed by atoms with E-state index >= 15 is 0 Å². The second kappa shape index (κ2) is 5.84. The number of hydrogen-bond acceptors (Lipinski definition) is 4. The molecule has 0 aliphatic rings. The number of ether oxygens (including phenoxy) is 1. The van der Waals surface area contributed by atoms with Crippen molar-refractivity contribution in [1.82, 2.24) is 10.3 Å². The topological polar surface area (TPSA) is 47.3 Å². The lowest BCUT2D eigenvalue weighted by Crippen LogP contribution is -2.13. The summed E-state index contributed by atoms with van der Waals surface area (Å²) in [5.74, 6) is 1.54. The van der Waals surface area contributed by atoms with Gasteiger partial charge in [-0.15, -0.1) is 0 Å². The molecule has 0 saturated heterocycles. The van der Waals surface area contributed by atoms with Crippen LogP contribution >= 0.6 is 15.9 Å². The molecule has 0 radical (unpaired) electrons. The standard InChI is InChI=1S/C12H13BrN2O2/c1-16-12-9(3-2-6-15-12)7-14-8-10-4-5-11(13)17-10/h2-6,14H,7-8H2,1H3. The fraction of sp³-hybridized carbons (Fsp3) is 0.250. The average molecular weight is 297 g/mol. The van der Waals surface area contributed by atoms with Crippen LogP contribution in [0.1, 0.15) is 11.3 Å². The number of methoxy groups -OCH3 is 1. The molecule has 0 bridgehead atoms. The maximum atomic E-state index is 5.39. The van der Waals surface area contributed by atoms with Gasteiger partial charge in [-0.25, -0.2) is 4.98 Å². The van der Waals surface area contributed by atoms with Gasteiger partial charge in [0.25, 0.3) is 0 Å². The Morgan fingerprint density at radius 1 is 1.35 bits per heavy atom. The van der Waals surface area contributed by atoms with E-state index in [-0.39, 0.29) is 0 Å². The van der Waals surface area contributed by atoms with E-state index < -0.39 is 0 Å². The van der Waals surface area contributed by atoms with E-state index in [9.17, 15) is 0 Å². The predicted molar refractivity (Wildman–Crippen MR) is 67.7 cm³/mol. The van der Waals surface area contributed by atoms with Crippen molar-refractivity contribution in [3.63, 3.8) is 0 Å². The van der Waals surface area contributed by atoms with Crippen molar-refractivity contribution in [1.29, 1.82) is 0 Å². The van der Waals surface area contributed by atoms with Crippen LogP contribution in [0.3, 0.4) is 0 Å². The molecular weight excluding hydrogens is 284 g/mol. The summed E-state index contributed by atoms with van der Waals surface area (Å²) in [6.45, 7) is 1.36. The number of nitrogens with one attached hydrogen (secondary N) is 1. The van der Waals surface area contributed by atoms with Crippen LogP contribution in [-0.2, 0) is 13.1 Å². The molecule has 1 N–H and O–H groups in total. The predicted octanol–water partition coefficient (Wildman–Crippen LogP) is 2.74. The maximum Gasteiger partial charge on any atom is 0.217 e. The smallest absolute Gasteiger partial charge is 0.217 e. The molecule has 0 atom stereocenters. The first-order valence-electron chi connectivity index (χ1n) is 5.22. The third kappa shape index (κ3) is 3.31. The molecule has 4 nitrogen and oxygen atoms in total. The average Bonchev–Trinajstić information content (AvgIpc) is 2.76. The van der Waals surface area contributed by atoms with Crippen LogP contribution in [0.4, 0.5) is 0 Å². The Morgan fingerprint density at radius 3 is 2.94 bits per heavy atom. The molecule has 2 aromatic rings. The number of rotatable bonds is 5. The Balaban J connectivity index is 1.89. The van der Waals surface area contributed by atoms with Gasteiger partial charge in [0.1, 0.15) is 5.76 Å². The lowest BCUT2D eigenvalue weighted by Gasteiger charge is -2.07. The number of aromatic nitrogens is 1. The molecule has 90 valence electrons. The van der Waals surface area contributed by atoms with Gasteiger partial charge < -0.3 is 14.5 Å². The SMILES string of the molecule is COc1ncccc1CNCc1ccc(Br)o1. The molecule has 17 heavy (non-hydrogen) atoms. The third-order valence-electron chi connectivity index (χ3n) is 2.29. The molecule has 0 spiro atoms. The number of halogens is 1. The minimum Gasteiger partial charge on any atom is -0.481 e. The molecule has 2 aromatic heterocycles. The fourth-order valence-electron chi connectivity index (χ4n) is 1.51. The normalized spacial score (nSPS) is 10.5. The van der Waals surface area contributed by atoms with Crippen LogP contribution in [0.25, 0.3) is 0 Å². The first kappa shape index (κ1) is 12.1. The van der Waals surface area contributed by atoms with Gasteiger partial charge in [-0.2, -0.15) is 0 Å². The molecule has 0 aliphatic heterocycles. The van der Waals surface area contributed by atoms with Crippen molar-refractivity contribution in [2.75, 3.05) is 7.11 Å². The highest BCUT2D eigenvalue weighted by molar-refractivity contribution is 9.10. The van der Waals surface area contributed by atoms with Gasteiger partial charge in [-0.05, 0) is 34.1 Å². The summed E-state index contributed by atoms with van der Waals surface area (Å²) in [4.78, 5) is 4.13. The van der Waals surface area contributed by atoms with E-state index in [2.05, 4.69) is 26.2 Å². The van der Waals surface area contributed by atoms with Crippen LogP contribution in [0.15, 0.2) is 39.5 Å². The molecule has 0 unspecified atom stereocenters. The van der Waals surface area contributed by atoms with E-state index in [4.69, 9.17) is 9.15 Å². The molecule has 0 aromatic carbocycles. The highest BCUT2D eigenvalue weighted by atomic mass is 79.9. The zero-order valence-electron chi connectivity index (χ0n) is 9.44. The molecule has 2 heterocycles. The number of hydrogen-bond donors (Lipinski definition) is 1. The molecule has 0 fully saturated rings. The summed E-state index contributed by atoms with van der Waals surface area (Å²) in [5.41, 5.74) is 1.03. The minimum absolute atomic E-state index is 0.653. The largest absolute Gasteiger partial charge is 0.481 e. The van der Waals surface area contributed by atoms with Gasteiger partial charge in [0.2, 0.25) is 5.88 Å². The van der Waals surface area contributed by atoms with E-state index in [0.29, 0.717) is 19.0 Å². The van der Waals surface area contributed by atoms with E-state index in [0.717, 1.165) is 16.0 Å². The van der Waals surface area contributed by atoms with Crippen molar-refractivity contribution in [2.45, 2.75) is 13.1 Å². The number of pyridine rings is 1. The molecule has 0 saturated carbocycles. The van der Waals surface area contributed by atoms with Gasteiger partial charge in [-0.1, -0.05) is 6.07 Å². The Kier molecular flexibility index (Phi) is 4.17. The molecule has 5 heteroatoms. The lowest BCUT2D eigenvalue weighted by atomic mass is 10.2. The quantitative estimate of drug-likeness (QED) is 0.922. The van der Waals surface area contributed by atoms with E-state index in [1.165, 1.54) is 0 Å². The highest BCUT2D eigenvalue weighted by Crippen LogP contribution is 2.15. The first-order valence-corrected chi connectivity index (χ1v) is 6.01. The first-order chi connectivity index (χ1) is 8.29. The zero-order valence-corrected chi connectivity index (χ0v) is 11.0. The van der Waals surface area contributed by atoms with Crippen LogP contribution < -0.4 is 10.1 Å². The molecule has 0 amide bonds. The van der Waals surface area contributed by atoms with Crippen molar-refractivity contribution in [3.8, 4) is 5.88 Å². The van der Waals surface area contributed by atoms with Gasteiger partial charge >= 0.3 is 0 Å². The van der Waals surface area contributed by atoms with E-state index in [1.54, 1.807) is 13.3 Å². The summed E-state index contributed by atoms with van der Waals surface area (Å²) >= 11 is 3.27.